The Bertz CT molecular complexity index is 373. The first-order valence-electron chi connectivity index (χ1n) is 4.81. The number of rotatable bonds is 5. The Balaban J connectivity index is 2.68. The molecule has 0 atom stereocenters. The molecule has 84 valence electrons. The summed E-state index contributed by atoms with van der Waals surface area (Å²) in [5, 5.41) is 8.50. The maximum Gasteiger partial charge on any atom is 0.250 e. The van der Waals surface area contributed by atoms with E-state index >= 15 is 0 Å². The van der Waals surface area contributed by atoms with Gasteiger partial charge in [0.25, 0.3) is 5.56 Å². The van der Waals surface area contributed by atoms with Crippen molar-refractivity contribution < 1.29 is 9.84 Å². The number of aliphatic hydroxyl groups is 1. The second kappa shape index (κ2) is 5.53. The van der Waals surface area contributed by atoms with Gasteiger partial charge in [-0.2, -0.15) is 0 Å². The van der Waals surface area contributed by atoms with Crippen molar-refractivity contribution >= 4 is 5.69 Å². The number of hydrogen-bond acceptors (Lipinski definition) is 4. The standard InChI is InChI=1S/C10H16N2O3/c1-8-9(11)2-3-10(14)12(8)4-6-15-7-5-13/h2-3,13H,4-7,11H2,1H3. The number of anilines is 1. The summed E-state index contributed by atoms with van der Waals surface area (Å²) in [5.41, 5.74) is 6.93. The minimum Gasteiger partial charge on any atom is -0.397 e. The number of aliphatic hydroxyl groups excluding tert-OH is 1. The summed E-state index contributed by atoms with van der Waals surface area (Å²) in [5.74, 6) is 0. The molecule has 0 bridgehead atoms. The molecule has 0 aromatic carbocycles. The van der Waals surface area contributed by atoms with Crippen LogP contribution in [0.4, 0.5) is 5.69 Å². The molecule has 15 heavy (non-hydrogen) atoms. The van der Waals surface area contributed by atoms with Gasteiger partial charge in [0.1, 0.15) is 0 Å². The second-order valence-electron chi connectivity index (χ2n) is 3.20. The van der Waals surface area contributed by atoms with Gasteiger partial charge >= 0.3 is 0 Å². The highest BCUT2D eigenvalue weighted by Gasteiger charge is 2.02. The van der Waals surface area contributed by atoms with Gasteiger partial charge in [0.05, 0.1) is 25.5 Å². The molecule has 1 aromatic rings. The molecule has 0 radical (unpaired) electrons. The topological polar surface area (TPSA) is 77.5 Å². The Hall–Kier alpha value is -1.33. The van der Waals surface area contributed by atoms with Gasteiger partial charge in [-0.05, 0) is 13.0 Å². The Morgan fingerprint density at radius 3 is 2.87 bits per heavy atom. The third kappa shape index (κ3) is 3.07. The second-order valence-corrected chi connectivity index (χ2v) is 3.20. The zero-order valence-electron chi connectivity index (χ0n) is 8.77. The minimum atomic E-state index is -0.0886. The molecule has 0 spiro atoms. The van der Waals surface area contributed by atoms with E-state index in [-0.39, 0.29) is 18.8 Å². The molecule has 1 aromatic heterocycles. The van der Waals surface area contributed by atoms with Crippen molar-refractivity contribution in [1.29, 1.82) is 0 Å². The van der Waals surface area contributed by atoms with Crippen molar-refractivity contribution in [1.82, 2.24) is 4.57 Å². The first-order valence-corrected chi connectivity index (χ1v) is 4.81. The summed E-state index contributed by atoms with van der Waals surface area (Å²) in [6.07, 6.45) is 0. The molecular weight excluding hydrogens is 196 g/mol. The molecule has 0 fully saturated rings. The zero-order valence-corrected chi connectivity index (χ0v) is 8.77. The number of nitrogens with two attached hydrogens (primary N) is 1. The number of ether oxygens (including phenoxy) is 1. The van der Waals surface area contributed by atoms with Crippen LogP contribution in [0.1, 0.15) is 5.69 Å². The van der Waals surface area contributed by atoms with Crippen LogP contribution in [0.25, 0.3) is 0 Å². The average Bonchev–Trinajstić information content (AvgIpc) is 2.23. The molecule has 0 aliphatic carbocycles. The molecule has 5 heteroatoms. The molecule has 5 nitrogen and oxygen atoms in total. The van der Waals surface area contributed by atoms with Crippen molar-refractivity contribution in [3.05, 3.63) is 28.2 Å². The van der Waals surface area contributed by atoms with E-state index in [4.69, 9.17) is 15.6 Å². The molecule has 0 saturated carbocycles. The number of nitrogen functional groups attached to an aromatic ring is 1. The van der Waals surface area contributed by atoms with E-state index in [0.29, 0.717) is 18.8 Å². The minimum absolute atomic E-state index is 0.00912. The fraction of sp³-hybridized carbons (Fsp3) is 0.500. The van der Waals surface area contributed by atoms with Crippen LogP contribution >= 0.6 is 0 Å². The monoisotopic (exact) mass is 212 g/mol. The predicted molar refractivity (Wildman–Crippen MR) is 57.8 cm³/mol. The SMILES string of the molecule is Cc1c(N)ccc(=O)n1CCOCCO. The van der Waals surface area contributed by atoms with Crippen molar-refractivity contribution in [3.63, 3.8) is 0 Å². The van der Waals surface area contributed by atoms with Crippen LogP contribution in [-0.4, -0.2) is 29.5 Å². The largest absolute Gasteiger partial charge is 0.397 e. The lowest BCUT2D eigenvalue weighted by atomic mass is 10.3. The lowest BCUT2D eigenvalue weighted by Crippen LogP contribution is -2.24. The molecule has 0 amide bonds. The quantitative estimate of drug-likeness (QED) is 0.660. The maximum absolute atomic E-state index is 11.5. The summed E-state index contributed by atoms with van der Waals surface area (Å²) in [4.78, 5) is 11.5. The highest BCUT2D eigenvalue weighted by atomic mass is 16.5. The summed E-state index contributed by atoms with van der Waals surface area (Å²) in [7, 11) is 0. The van der Waals surface area contributed by atoms with E-state index in [1.54, 1.807) is 17.6 Å². The van der Waals surface area contributed by atoms with Crippen LogP contribution < -0.4 is 11.3 Å². The molecule has 1 heterocycles. The lowest BCUT2D eigenvalue weighted by molar-refractivity contribution is 0.0863. The summed E-state index contributed by atoms with van der Waals surface area (Å²) >= 11 is 0. The Kier molecular flexibility index (Phi) is 4.33. The number of hydrogen-bond donors (Lipinski definition) is 2. The average molecular weight is 212 g/mol. The van der Waals surface area contributed by atoms with Gasteiger partial charge in [-0.1, -0.05) is 0 Å². The number of nitrogens with zero attached hydrogens (tertiary/aromatic N) is 1. The van der Waals surface area contributed by atoms with Gasteiger partial charge in [-0.25, -0.2) is 0 Å². The zero-order chi connectivity index (χ0) is 11.3. The van der Waals surface area contributed by atoms with Crippen molar-refractivity contribution in [2.24, 2.45) is 0 Å². The van der Waals surface area contributed by atoms with E-state index in [1.165, 1.54) is 6.07 Å². The van der Waals surface area contributed by atoms with Gasteiger partial charge in [0, 0.05) is 18.3 Å². The normalized spacial score (nSPS) is 10.5. The van der Waals surface area contributed by atoms with Gasteiger partial charge in [0.15, 0.2) is 0 Å². The molecule has 1 rings (SSSR count). The predicted octanol–water partition coefficient (Wildman–Crippen LogP) is -0.252. The Morgan fingerprint density at radius 1 is 1.47 bits per heavy atom. The summed E-state index contributed by atoms with van der Waals surface area (Å²) in [6.45, 7) is 2.92. The first-order chi connectivity index (χ1) is 7.16. The van der Waals surface area contributed by atoms with Gasteiger partial charge in [0.2, 0.25) is 0 Å². The van der Waals surface area contributed by atoms with Gasteiger partial charge in [-0.3, -0.25) is 4.79 Å². The fourth-order valence-electron chi connectivity index (χ4n) is 1.29. The highest BCUT2D eigenvalue weighted by molar-refractivity contribution is 5.41. The van der Waals surface area contributed by atoms with Gasteiger partial charge in [-0.15, -0.1) is 0 Å². The molecule has 0 saturated heterocycles. The van der Waals surface area contributed by atoms with Crippen LogP contribution in [0, 0.1) is 6.92 Å². The van der Waals surface area contributed by atoms with E-state index in [2.05, 4.69) is 0 Å². The van der Waals surface area contributed by atoms with Crippen molar-refractivity contribution in [2.45, 2.75) is 13.5 Å². The Morgan fingerprint density at radius 2 is 2.20 bits per heavy atom. The van der Waals surface area contributed by atoms with Crippen molar-refractivity contribution in [2.75, 3.05) is 25.6 Å². The maximum atomic E-state index is 11.5. The van der Waals surface area contributed by atoms with E-state index in [0.717, 1.165) is 5.69 Å². The molecular formula is C10H16N2O3. The molecule has 0 unspecified atom stereocenters. The van der Waals surface area contributed by atoms with Crippen LogP contribution in [0.5, 0.6) is 0 Å². The number of pyridine rings is 1. The third-order valence-electron chi connectivity index (χ3n) is 2.19. The van der Waals surface area contributed by atoms with Crippen LogP contribution in [-0.2, 0) is 11.3 Å². The molecule has 0 aliphatic heterocycles. The van der Waals surface area contributed by atoms with Gasteiger partial charge < -0.3 is 20.1 Å². The highest BCUT2D eigenvalue weighted by Crippen LogP contribution is 2.05. The van der Waals surface area contributed by atoms with E-state index in [9.17, 15) is 4.79 Å². The fourth-order valence-corrected chi connectivity index (χ4v) is 1.29. The van der Waals surface area contributed by atoms with Crippen LogP contribution in [0.3, 0.4) is 0 Å². The lowest BCUT2D eigenvalue weighted by Gasteiger charge is -2.11. The van der Waals surface area contributed by atoms with Crippen LogP contribution in [0.2, 0.25) is 0 Å². The summed E-state index contributed by atoms with van der Waals surface area (Å²) in [6, 6.07) is 3.04. The smallest absolute Gasteiger partial charge is 0.250 e. The first kappa shape index (κ1) is 11.7. The summed E-state index contributed by atoms with van der Waals surface area (Å²) < 4.78 is 6.65. The van der Waals surface area contributed by atoms with E-state index < -0.39 is 0 Å². The number of aromatic nitrogens is 1. The Labute approximate surface area is 88.1 Å². The molecule has 3 N–H and O–H groups in total. The third-order valence-corrected chi connectivity index (χ3v) is 2.19. The molecule has 0 aliphatic rings. The van der Waals surface area contributed by atoms with Crippen LogP contribution in [0.15, 0.2) is 16.9 Å². The van der Waals surface area contributed by atoms with E-state index in [1.807, 2.05) is 0 Å². The van der Waals surface area contributed by atoms with Crippen molar-refractivity contribution in [3.8, 4) is 0 Å².